The van der Waals surface area contributed by atoms with E-state index in [1.54, 1.807) is 12.4 Å². The topological polar surface area (TPSA) is 83.5 Å². The first-order valence-corrected chi connectivity index (χ1v) is 8.96. The molecule has 0 aliphatic carbocycles. The number of carbonyl (C=O) groups excluding carboxylic acids is 1. The third-order valence-corrected chi connectivity index (χ3v) is 4.70. The van der Waals surface area contributed by atoms with Gasteiger partial charge in [0.15, 0.2) is 11.6 Å². The van der Waals surface area contributed by atoms with Crippen molar-refractivity contribution in [3.8, 4) is 0 Å². The van der Waals surface area contributed by atoms with Crippen LogP contribution in [-0.4, -0.2) is 64.9 Å². The van der Waals surface area contributed by atoms with Crippen LogP contribution in [0.15, 0.2) is 36.7 Å². The zero-order valence-electron chi connectivity index (χ0n) is 14.5. The number of hydrogen-bond donors (Lipinski definition) is 1. The number of pyridine rings is 1. The second-order valence-electron chi connectivity index (χ2n) is 6.46. The van der Waals surface area contributed by atoms with E-state index in [2.05, 4.69) is 25.4 Å². The van der Waals surface area contributed by atoms with Gasteiger partial charge in [0, 0.05) is 39.0 Å². The van der Waals surface area contributed by atoms with Gasteiger partial charge < -0.3 is 19.9 Å². The first-order chi connectivity index (χ1) is 12.8. The van der Waals surface area contributed by atoms with Crippen LogP contribution in [0, 0.1) is 0 Å². The number of ether oxygens (including phenoxy) is 1. The Morgan fingerprint density at radius 1 is 1.15 bits per heavy atom. The number of amides is 1. The summed E-state index contributed by atoms with van der Waals surface area (Å²) in [7, 11) is 0. The van der Waals surface area contributed by atoms with Crippen molar-refractivity contribution in [2.75, 3.05) is 43.0 Å². The Hall–Kier alpha value is -2.74. The normalized spacial score (nSPS) is 20.2. The zero-order chi connectivity index (χ0) is 17.8. The molecule has 0 spiro atoms. The third kappa shape index (κ3) is 3.75. The van der Waals surface area contributed by atoms with Gasteiger partial charge in [-0.3, -0.25) is 9.78 Å². The fraction of sp³-hybridized carbons (Fsp3) is 0.444. The molecule has 2 aliphatic heterocycles. The van der Waals surface area contributed by atoms with Gasteiger partial charge in [-0.2, -0.15) is 0 Å². The number of nitrogens with one attached hydrogen (secondary N) is 1. The Kier molecular flexibility index (Phi) is 4.92. The van der Waals surface area contributed by atoms with E-state index < -0.39 is 0 Å². The number of anilines is 3. The molecule has 4 rings (SSSR count). The van der Waals surface area contributed by atoms with Gasteiger partial charge in [0.2, 0.25) is 0 Å². The van der Waals surface area contributed by atoms with E-state index in [4.69, 9.17) is 4.74 Å². The van der Waals surface area contributed by atoms with Gasteiger partial charge in [-0.25, -0.2) is 0 Å². The van der Waals surface area contributed by atoms with Crippen molar-refractivity contribution >= 4 is 23.2 Å². The van der Waals surface area contributed by atoms with Crippen LogP contribution in [0.5, 0.6) is 0 Å². The van der Waals surface area contributed by atoms with Crippen molar-refractivity contribution in [1.82, 2.24) is 20.1 Å². The van der Waals surface area contributed by atoms with E-state index in [1.807, 2.05) is 29.2 Å². The number of carbonyl (C=O) groups is 1. The van der Waals surface area contributed by atoms with Crippen LogP contribution in [0.2, 0.25) is 0 Å². The Labute approximate surface area is 152 Å². The summed E-state index contributed by atoms with van der Waals surface area (Å²) in [5, 5.41) is 11.7. The van der Waals surface area contributed by atoms with E-state index >= 15 is 0 Å². The van der Waals surface area contributed by atoms with E-state index in [-0.39, 0.29) is 12.0 Å². The molecule has 2 aliphatic rings. The van der Waals surface area contributed by atoms with Crippen molar-refractivity contribution < 1.29 is 9.53 Å². The minimum atomic E-state index is -0.237. The van der Waals surface area contributed by atoms with Gasteiger partial charge in [0.1, 0.15) is 6.10 Å². The maximum absolute atomic E-state index is 12.4. The highest BCUT2D eigenvalue weighted by molar-refractivity contribution is 5.81. The predicted octanol–water partition coefficient (Wildman–Crippen LogP) is 1.44. The predicted molar refractivity (Wildman–Crippen MR) is 97.3 cm³/mol. The lowest BCUT2D eigenvalue weighted by Gasteiger charge is -2.36. The van der Waals surface area contributed by atoms with Crippen LogP contribution in [-0.2, 0) is 9.53 Å². The van der Waals surface area contributed by atoms with Crippen molar-refractivity contribution in [1.29, 1.82) is 0 Å². The Morgan fingerprint density at radius 2 is 2.04 bits per heavy atom. The quantitative estimate of drug-likeness (QED) is 0.889. The minimum Gasteiger partial charge on any atom is -0.368 e. The molecule has 136 valence electrons. The third-order valence-electron chi connectivity index (χ3n) is 4.70. The van der Waals surface area contributed by atoms with Crippen LogP contribution >= 0.6 is 0 Å². The zero-order valence-corrected chi connectivity index (χ0v) is 14.5. The summed E-state index contributed by atoms with van der Waals surface area (Å²) in [5.41, 5.74) is 0.871. The molecule has 0 bridgehead atoms. The van der Waals surface area contributed by atoms with Crippen LogP contribution in [0.25, 0.3) is 0 Å². The molecule has 2 fully saturated rings. The lowest BCUT2D eigenvalue weighted by atomic mass is 10.2. The number of rotatable bonds is 4. The van der Waals surface area contributed by atoms with Gasteiger partial charge in [-0.05, 0) is 37.1 Å². The SMILES string of the molecule is O=C([C@H]1CCCO1)N1CCN(c2ccc(Nc3cccnc3)nn2)CC1. The van der Waals surface area contributed by atoms with Crippen LogP contribution in [0.3, 0.4) is 0 Å². The van der Waals surface area contributed by atoms with Crippen LogP contribution in [0.1, 0.15) is 12.8 Å². The molecule has 0 unspecified atom stereocenters. The molecule has 8 nitrogen and oxygen atoms in total. The van der Waals surface area contributed by atoms with Gasteiger partial charge in [-0.1, -0.05) is 0 Å². The number of hydrogen-bond acceptors (Lipinski definition) is 7. The summed E-state index contributed by atoms with van der Waals surface area (Å²) in [6.45, 7) is 3.59. The maximum atomic E-state index is 12.4. The standard InChI is InChI=1S/C18H22N6O2/c25-18(15-4-2-12-26-15)24-10-8-23(9-11-24)17-6-5-16(21-22-17)20-14-3-1-7-19-13-14/h1,3,5-7,13,15H,2,4,8-12H2,(H,20,21)/t15-/m1/s1. The fourth-order valence-electron chi connectivity index (χ4n) is 3.28. The van der Waals surface area contributed by atoms with Gasteiger partial charge in [-0.15, -0.1) is 10.2 Å². The fourth-order valence-corrected chi connectivity index (χ4v) is 3.28. The van der Waals surface area contributed by atoms with Crippen molar-refractivity contribution in [2.45, 2.75) is 18.9 Å². The summed E-state index contributed by atoms with van der Waals surface area (Å²) in [4.78, 5) is 20.5. The molecule has 0 aromatic carbocycles. The molecule has 1 atom stereocenters. The molecule has 8 heteroatoms. The summed E-state index contributed by atoms with van der Waals surface area (Å²) in [6.07, 6.45) is 5.05. The van der Waals surface area contributed by atoms with Gasteiger partial charge >= 0.3 is 0 Å². The smallest absolute Gasteiger partial charge is 0.251 e. The lowest BCUT2D eigenvalue weighted by Crippen LogP contribution is -2.51. The first-order valence-electron chi connectivity index (χ1n) is 8.96. The largest absolute Gasteiger partial charge is 0.368 e. The van der Waals surface area contributed by atoms with E-state index in [0.717, 1.165) is 37.4 Å². The monoisotopic (exact) mass is 354 g/mol. The molecule has 26 heavy (non-hydrogen) atoms. The van der Waals surface area contributed by atoms with E-state index in [9.17, 15) is 4.79 Å². The average Bonchev–Trinajstić information content (AvgIpc) is 3.24. The van der Waals surface area contributed by atoms with Crippen molar-refractivity contribution in [3.63, 3.8) is 0 Å². The van der Waals surface area contributed by atoms with Crippen molar-refractivity contribution in [2.24, 2.45) is 0 Å². The Morgan fingerprint density at radius 3 is 2.69 bits per heavy atom. The second kappa shape index (κ2) is 7.65. The lowest BCUT2D eigenvalue weighted by molar-refractivity contribution is -0.141. The molecule has 1 N–H and O–H groups in total. The molecule has 2 saturated heterocycles. The summed E-state index contributed by atoms with van der Waals surface area (Å²) >= 11 is 0. The molecule has 2 aromatic heterocycles. The highest BCUT2D eigenvalue weighted by Crippen LogP contribution is 2.19. The van der Waals surface area contributed by atoms with E-state index in [0.29, 0.717) is 25.5 Å². The highest BCUT2D eigenvalue weighted by Gasteiger charge is 2.30. The Balaban J connectivity index is 1.32. The summed E-state index contributed by atoms with van der Waals surface area (Å²) in [5.74, 6) is 1.63. The first kappa shape index (κ1) is 16.7. The molecule has 4 heterocycles. The molecular formula is C18H22N6O2. The summed E-state index contributed by atoms with van der Waals surface area (Å²) < 4.78 is 5.50. The van der Waals surface area contributed by atoms with Gasteiger partial charge in [0.25, 0.3) is 5.91 Å². The molecule has 0 radical (unpaired) electrons. The summed E-state index contributed by atoms with van der Waals surface area (Å²) in [6, 6.07) is 7.64. The number of nitrogens with zero attached hydrogens (tertiary/aromatic N) is 5. The average molecular weight is 354 g/mol. The minimum absolute atomic E-state index is 0.129. The molecule has 1 amide bonds. The van der Waals surface area contributed by atoms with Gasteiger partial charge in [0.05, 0.1) is 11.9 Å². The maximum Gasteiger partial charge on any atom is 0.251 e. The molecular weight excluding hydrogens is 332 g/mol. The van der Waals surface area contributed by atoms with E-state index in [1.165, 1.54) is 0 Å². The molecule has 2 aromatic rings. The molecule has 0 saturated carbocycles. The number of aromatic nitrogens is 3. The van der Waals surface area contributed by atoms with Crippen LogP contribution < -0.4 is 10.2 Å². The number of piperazine rings is 1. The highest BCUT2D eigenvalue weighted by atomic mass is 16.5. The Bertz CT molecular complexity index is 725. The van der Waals surface area contributed by atoms with Crippen molar-refractivity contribution in [3.05, 3.63) is 36.7 Å². The second-order valence-corrected chi connectivity index (χ2v) is 6.46. The van der Waals surface area contributed by atoms with Crippen LogP contribution in [0.4, 0.5) is 17.3 Å².